The highest BCUT2D eigenvalue weighted by Gasteiger charge is 2.34. The molecule has 1 N–H and O–H groups in total. The Balaban J connectivity index is 1.79. The van der Waals surface area contributed by atoms with E-state index in [1.54, 1.807) is 48.5 Å². The van der Waals surface area contributed by atoms with Crippen LogP contribution in [0, 0.1) is 0 Å². The number of sulfonamides is 1. The Kier molecular flexibility index (Phi) is 12.7. The zero-order chi connectivity index (χ0) is 33.1. The molecule has 0 aliphatic carbocycles. The fourth-order valence-corrected chi connectivity index (χ4v) is 7.00. The van der Waals surface area contributed by atoms with E-state index in [1.165, 1.54) is 16.7 Å². The first-order valence-electron chi connectivity index (χ1n) is 14.9. The fourth-order valence-electron chi connectivity index (χ4n) is 4.91. The number of thioether (sulfide) groups is 1. The number of amides is 2. The highest BCUT2D eigenvalue weighted by atomic mass is 79.9. The topological polar surface area (TPSA) is 96.0 Å². The van der Waals surface area contributed by atoms with E-state index in [0.717, 1.165) is 24.8 Å². The molecule has 242 valence electrons. The van der Waals surface area contributed by atoms with Gasteiger partial charge in [0.2, 0.25) is 11.8 Å². The van der Waals surface area contributed by atoms with Gasteiger partial charge in [-0.05, 0) is 91.9 Å². The lowest BCUT2D eigenvalue weighted by molar-refractivity contribution is -0.140. The normalized spacial score (nSPS) is 11.8. The second-order valence-electron chi connectivity index (χ2n) is 10.4. The molecule has 0 bridgehead atoms. The number of benzene rings is 4. The van der Waals surface area contributed by atoms with Crippen molar-refractivity contribution in [1.82, 2.24) is 10.2 Å². The minimum Gasteiger partial charge on any atom is -0.494 e. The molecular formula is C35H38BrN3O5S2. The number of nitrogens with zero attached hydrogens (tertiary/aromatic N) is 2. The Morgan fingerprint density at radius 3 is 2.11 bits per heavy atom. The SMILES string of the molecule is CCNC(=O)C(Cc1ccccc1)N(Cc1ccc(Br)cc1)C(=O)CN(c1ccc(OCC)cc1)S(=O)(=O)c1ccc(SC)cc1. The predicted octanol–water partition coefficient (Wildman–Crippen LogP) is 6.54. The van der Waals surface area contributed by atoms with E-state index in [1.807, 2.05) is 74.7 Å². The smallest absolute Gasteiger partial charge is 0.264 e. The number of hydrogen-bond acceptors (Lipinski definition) is 6. The molecule has 0 saturated carbocycles. The van der Waals surface area contributed by atoms with Crippen molar-refractivity contribution in [2.24, 2.45) is 0 Å². The standard InChI is InChI=1S/C35H38BrN3O5S2/c1-4-37-35(41)33(23-26-9-7-6-8-10-26)38(24-27-11-13-28(36)14-12-27)34(40)25-39(29-15-17-30(18-16-29)44-5-2)46(42,43)32-21-19-31(45-3)20-22-32/h6-22,33H,4-5,23-25H2,1-3H3,(H,37,41). The van der Waals surface area contributed by atoms with Gasteiger partial charge in [0, 0.05) is 28.9 Å². The highest BCUT2D eigenvalue weighted by Crippen LogP contribution is 2.28. The van der Waals surface area contributed by atoms with Crippen LogP contribution in [0.3, 0.4) is 0 Å². The lowest BCUT2D eigenvalue weighted by atomic mass is 10.0. The molecule has 2 amide bonds. The number of likely N-dealkylation sites (N-methyl/N-ethyl adjacent to an activating group) is 1. The van der Waals surface area contributed by atoms with Crippen molar-refractivity contribution < 1.29 is 22.7 Å². The van der Waals surface area contributed by atoms with Gasteiger partial charge in [-0.15, -0.1) is 11.8 Å². The molecular weight excluding hydrogens is 686 g/mol. The van der Waals surface area contributed by atoms with E-state index < -0.39 is 28.5 Å². The maximum absolute atomic E-state index is 14.5. The Morgan fingerprint density at radius 2 is 1.52 bits per heavy atom. The number of ether oxygens (including phenoxy) is 1. The summed E-state index contributed by atoms with van der Waals surface area (Å²) in [6.07, 6.45) is 2.16. The van der Waals surface area contributed by atoms with E-state index in [9.17, 15) is 18.0 Å². The van der Waals surface area contributed by atoms with Crippen molar-refractivity contribution in [1.29, 1.82) is 0 Å². The summed E-state index contributed by atoms with van der Waals surface area (Å²) in [6.45, 7) is 4.09. The second-order valence-corrected chi connectivity index (χ2v) is 14.0. The first kappa shape index (κ1) is 35.1. The molecule has 4 aromatic rings. The molecule has 0 aliphatic rings. The predicted molar refractivity (Wildman–Crippen MR) is 188 cm³/mol. The summed E-state index contributed by atoms with van der Waals surface area (Å²) in [5.74, 6) is -0.261. The molecule has 0 fully saturated rings. The lowest BCUT2D eigenvalue weighted by Gasteiger charge is -2.34. The van der Waals surface area contributed by atoms with Crippen LogP contribution in [0.15, 0.2) is 117 Å². The van der Waals surface area contributed by atoms with E-state index in [2.05, 4.69) is 21.2 Å². The van der Waals surface area contributed by atoms with Gasteiger partial charge in [-0.1, -0.05) is 58.4 Å². The third-order valence-electron chi connectivity index (χ3n) is 7.25. The first-order valence-corrected chi connectivity index (χ1v) is 18.4. The number of nitrogens with one attached hydrogen (secondary N) is 1. The van der Waals surface area contributed by atoms with Crippen molar-refractivity contribution in [3.8, 4) is 5.75 Å². The summed E-state index contributed by atoms with van der Waals surface area (Å²) in [5.41, 5.74) is 1.96. The summed E-state index contributed by atoms with van der Waals surface area (Å²) >= 11 is 4.96. The lowest BCUT2D eigenvalue weighted by Crippen LogP contribution is -2.53. The summed E-state index contributed by atoms with van der Waals surface area (Å²) in [5, 5.41) is 2.88. The van der Waals surface area contributed by atoms with Crippen LogP contribution < -0.4 is 14.4 Å². The van der Waals surface area contributed by atoms with Gasteiger partial charge in [0.1, 0.15) is 18.3 Å². The Labute approximate surface area is 284 Å². The van der Waals surface area contributed by atoms with Crippen LogP contribution in [0.1, 0.15) is 25.0 Å². The van der Waals surface area contributed by atoms with Gasteiger partial charge >= 0.3 is 0 Å². The van der Waals surface area contributed by atoms with Crippen LogP contribution in [-0.2, 0) is 32.6 Å². The minimum atomic E-state index is -4.20. The Hall–Kier alpha value is -3.80. The second kappa shape index (κ2) is 16.7. The van der Waals surface area contributed by atoms with Gasteiger partial charge in [0.05, 0.1) is 17.2 Å². The van der Waals surface area contributed by atoms with Crippen molar-refractivity contribution in [3.63, 3.8) is 0 Å². The van der Waals surface area contributed by atoms with Crippen LogP contribution in [0.5, 0.6) is 5.75 Å². The maximum atomic E-state index is 14.5. The zero-order valence-corrected chi connectivity index (χ0v) is 29.3. The van der Waals surface area contributed by atoms with Crippen LogP contribution in [0.4, 0.5) is 5.69 Å². The highest BCUT2D eigenvalue weighted by molar-refractivity contribution is 9.10. The van der Waals surface area contributed by atoms with Crippen molar-refractivity contribution in [3.05, 3.63) is 119 Å². The largest absolute Gasteiger partial charge is 0.494 e. The van der Waals surface area contributed by atoms with E-state index in [4.69, 9.17) is 4.74 Å². The molecule has 8 nitrogen and oxygen atoms in total. The molecule has 0 aromatic heterocycles. The van der Waals surface area contributed by atoms with Gasteiger partial charge in [0.25, 0.3) is 10.0 Å². The van der Waals surface area contributed by atoms with Crippen LogP contribution in [0.25, 0.3) is 0 Å². The Morgan fingerprint density at radius 1 is 0.870 bits per heavy atom. The number of carbonyl (C=O) groups excluding carboxylic acids is 2. The third kappa shape index (κ3) is 9.14. The Bertz CT molecular complexity index is 1690. The monoisotopic (exact) mass is 723 g/mol. The summed E-state index contributed by atoms with van der Waals surface area (Å²) in [6, 6.07) is 29.2. The summed E-state index contributed by atoms with van der Waals surface area (Å²) in [4.78, 5) is 30.5. The van der Waals surface area contributed by atoms with Crippen LogP contribution in [0.2, 0.25) is 0 Å². The molecule has 0 aliphatic heterocycles. The molecule has 0 spiro atoms. The molecule has 0 heterocycles. The van der Waals surface area contributed by atoms with Crippen molar-refractivity contribution in [2.45, 2.75) is 42.6 Å². The quantitative estimate of drug-likeness (QED) is 0.140. The average molecular weight is 725 g/mol. The number of carbonyl (C=O) groups is 2. The van der Waals surface area contributed by atoms with E-state index >= 15 is 0 Å². The molecule has 46 heavy (non-hydrogen) atoms. The number of rotatable bonds is 15. The first-order chi connectivity index (χ1) is 22.2. The van der Waals surface area contributed by atoms with E-state index in [-0.39, 0.29) is 23.8 Å². The molecule has 0 radical (unpaired) electrons. The van der Waals surface area contributed by atoms with Crippen LogP contribution in [-0.4, -0.2) is 57.1 Å². The molecule has 4 rings (SSSR count). The summed E-state index contributed by atoms with van der Waals surface area (Å²) < 4.78 is 36.0. The fraction of sp³-hybridized carbons (Fsp3) is 0.257. The van der Waals surface area contributed by atoms with Gasteiger partial charge in [-0.3, -0.25) is 13.9 Å². The molecule has 11 heteroatoms. The van der Waals surface area contributed by atoms with E-state index in [0.29, 0.717) is 24.6 Å². The molecule has 1 atom stereocenters. The van der Waals surface area contributed by atoms with Gasteiger partial charge in [-0.25, -0.2) is 8.42 Å². The number of halogens is 1. The average Bonchev–Trinajstić information content (AvgIpc) is 3.07. The number of anilines is 1. The number of hydrogen-bond donors (Lipinski definition) is 1. The maximum Gasteiger partial charge on any atom is 0.264 e. The molecule has 0 saturated heterocycles. The third-order valence-corrected chi connectivity index (χ3v) is 10.3. The molecule has 4 aromatic carbocycles. The summed E-state index contributed by atoms with van der Waals surface area (Å²) in [7, 11) is -4.20. The van der Waals surface area contributed by atoms with Gasteiger partial charge < -0.3 is 15.0 Å². The zero-order valence-electron chi connectivity index (χ0n) is 26.1. The van der Waals surface area contributed by atoms with Crippen molar-refractivity contribution in [2.75, 3.05) is 30.3 Å². The van der Waals surface area contributed by atoms with Crippen molar-refractivity contribution >= 4 is 55.2 Å². The minimum absolute atomic E-state index is 0.0519. The molecule has 1 unspecified atom stereocenters. The van der Waals surface area contributed by atoms with Gasteiger partial charge in [-0.2, -0.15) is 0 Å². The van der Waals surface area contributed by atoms with Gasteiger partial charge in [0.15, 0.2) is 0 Å². The van der Waals surface area contributed by atoms with Crippen LogP contribution >= 0.6 is 27.7 Å².